The van der Waals surface area contributed by atoms with E-state index in [1.54, 1.807) is 0 Å². The molecule has 0 aliphatic carbocycles. The lowest BCUT2D eigenvalue weighted by Crippen LogP contribution is -2.45. The number of likely N-dealkylation sites (tertiary alicyclic amines) is 2. The van der Waals surface area contributed by atoms with Crippen LogP contribution >= 0.6 is 0 Å². The second-order valence-corrected chi connectivity index (χ2v) is 14.0. The molecule has 0 saturated carbocycles. The van der Waals surface area contributed by atoms with E-state index in [1.165, 1.54) is 45.3 Å². The molecule has 3 N–H and O–H groups in total. The van der Waals surface area contributed by atoms with Gasteiger partial charge in [0.15, 0.2) is 6.29 Å². The largest absolute Gasteiger partial charge is 0.392 e. The summed E-state index contributed by atoms with van der Waals surface area (Å²) in [5.74, 6) is 0. The highest BCUT2D eigenvalue weighted by Gasteiger charge is 2.36. The molecule has 3 fully saturated rings. The molecule has 50 heavy (non-hydrogen) atoms. The van der Waals surface area contributed by atoms with Crippen LogP contribution in [0.4, 0.5) is 4.79 Å². The zero-order valence-electron chi connectivity index (χ0n) is 28.9. The van der Waals surface area contributed by atoms with Crippen molar-refractivity contribution in [2.45, 2.75) is 76.3 Å². The lowest BCUT2D eigenvalue weighted by atomic mass is 9.98. The van der Waals surface area contributed by atoms with Gasteiger partial charge in [-0.15, -0.1) is 0 Å². The van der Waals surface area contributed by atoms with Crippen LogP contribution in [0, 0.1) is 0 Å². The fraction of sp³-hybridized carbons (Fsp3) is 0.405. The molecule has 0 radical (unpaired) electrons. The third-order valence-electron chi connectivity index (χ3n) is 10.4. The topological polar surface area (TPSA) is 86.3 Å². The fourth-order valence-electron chi connectivity index (χ4n) is 7.62. The number of hydrogen-bond donors (Lipinski definition) is 3. The smallest absolute Gasteiger partial charge is 0.315 e. The molecule has 0 bridgehead atoms. The predicted molar refractivity (Wildman–Crippen MR) is 196 cm³/mol. The summed E-state index contributed by atoms with van der Waals surface area (Å²) in [5.41, 5.74) is 7.29. The number of aliphatic hydroxyl groups is 1. The number of rotatable bonds is 12. The Morgan fingerprint density at radius 2 is 1.42 bits per heavy atom. The van der Waals surface area contributed by atoms with Crippen molar-refractivity contribution in [3.8, 4) is 11.1 Å². The molecule has 3 heterocycles. The van der Waals surface area contributed by atoms with E-state index in [9.17, 15) is 9.90 Å². The Bertz CT molecular complexity index is 1660. The molecule has 8 nitrogen and oxygen atoms in total. The maximum absolute atomic E-state index is 12.4. The first-order valence-corrected chi connectivity index (χ1v) is 18.3. The van der Waals surface area contributed by atoms with Gasteiger partial charge in [0, 0.05) is 44.2 Å². The lowest BCUT2D eigenvalue weighted by molar-refractivity contribution is -0.253. The molecule has 3 saturated heterocycles. The summed E-state index contributed by atoms with van der Waals surface area (Å²) < 4.78 is 13.4. The maximum atomic E-state index is 12.4. The predicted octanol–water partition coefficient (Wildman–Crippen LogP) is 6.95. The van der Waals surface area contributed by atoms with Gasteiger partial charge < -0.3 is 30.1 Å². The second-order valence-electron chi connectivity index (χ2n) is 14.0. The van der Waals surface area contributed by atoms with Crippen molar-refractivity contribution >= 4 is 6.03 Å². The van der Waals surface area contributed by atoms with E-state index >= 15 is 0 Å². The van der Waals surface area contributed by atoms with Gasteiger partial charge in [-0.3, -0.25) is 4.90 Å². The molecule has 262 valence electrons. The second kappa shape index (κ2) is 16.8. The number of carbonyl (C=O) groups excluding carboxylic acids is 1. The number of ether oxygens (including phenoxy) is 2. The summed E-state index contributed by atoms with van der Waals surface area (Å²) in [6, 6.07) is 35.2. The monoisotopic (exact) mass is 674 g/mol. The van der Waals surface area contributed by atoms with Gasteiger partial charge >= 0.3 is 6.03 Å². The quantitative estimate of drug-likeness (QED) is 0.151. The summed E-state index contributed by atoms with van der Waals surface area (Å²) in [5, 5.41) is 15.5. The van der Waals surface area contributed by atoms with Crippen molar-refractivity contribution in [1.29, 1.82) is 0 Å². The molecule has 4 aromatic carbocycles. The summed E-state index contributed by atoms with van der Waals surface area (Å²) in [6.07, 6.45) is 5.42. The molecular weight excluding hydrogens is 624 g/mol. The normalized spacial score (nSPS) is 22.8. The highest BCUT2D eigenvalue weighted by Crippen LogP contribution is 2.39. The molecule has 3 aliphatic rings. The van der Waals surface area contributed by atoms with Gasteiger partial charge in [-0.25, -0.2) is 4.79 Å². The van der Waals surface area contributed by atoms with Crippen molar-refractivity contribution in [2.75, 3.05) is 32.7 Å². The van der Waals surface area contributed by atoms with E-state index in [-0.39, 0.29) is 24.8 Å². The number of amides is 2. The van der Waals surface area contributed by atoms with Crippen molar-refractivity contribution in [2.24, 2.45) is 0 Å². The zero-order valence-corrected chi connectivity index (χ0v) is 28.9. The van der Waals surface area contributed by atoms with Crippen LogP contribution in [0.3, 0.4) is 0 Å². The summed E-state index contributed by atoms with van der Waals surface area (Å²) in [4.78, 5) is 17.7. The van der Waals surface area contributed by atoms with Gasteiger partial charge in [-0.05, 0) is 84.8 Å². The first kappa shape index (κ1) is 34.4. The minimum Gasteiger partial charge on any atom is -0.392 e. The summed E-state index contributed by atoms with van der Waals surface area (Å²) in [7, 11) is 0. The molecular formula is C42H50N4O4. The van der Waals surface area contributed by atoms with Gasteiger partial charge in [0.1, 0.15) is 0 Å². The van der Waals surface area contributed by atoms with Gasteiger partial charge in [0.2, 0.25) is 0 Å². The first-order chi connectivity index (χ1) is 24.6. The Morgan fingerprint density at radius 1 is 0.700 bits per heavy atom. The fourth-order valence-corrected chi connectivity index (χ4v) is 7.62. The van der Waals surface area contributed by atoms with Crippen molar-refractivity contribution in [3.63, 3.8) is 0 Å². The number of benzene rings is 4. The average Bonchev–Trinajstić information content (AvgIpc) is 3.86. The van der Waals surface area contributed by atoms with Crippen LogP contribution in [-0.2, 0) is 29.2 Å². The standard InChI is InChI=1S/C42H50N4O4/c47-30-32-13-15-35(16-14-32)40-25-39(29-46-23-7-12-38(46)28-45-21-4-5-22-45)49-41(50-40)36-19-17-34(18-20-36)37-11-6-10-33(24-37)27-44-42(48)43-26-31-8-2-1-3-9-31/h1-3,6,8-11,13-20,24,38-41,47H,4-5,7,12,21-23,25-30H2,(H2,43,44,48). The molecule has 4 aromatic rings. The van der Waals surface area contributed by atoms with E-state index in [0.29, 0.717) is 19.1 Å². The Balaban J connectivity index is 1.01. The number of carbonyl (C=O) groups is 1. The minimum absolute atomic E-state index is 0.0311. The van der Waals surface area contributed by atoms with E-state index in [0.717, 1.165) is 58.5 Å². The van der Waals surface area contributed by atoms with E-state index < -0.39 is 6.29 Å². The third kappa shape index (κ3) is 8.99. The molecule has 3 aliphatic heterocycles. The van der Waals surface area contributed by atoms with Crippen LogP contribution in [-0.4, -0.2) is 65.8 Å². The SMILES string of the molecule is O=C(NCc1ccccc1)NCc1cccc(-c2ccc(C3OC(CN4CCCC4CN4CCCC4)CC(c4ccc(CO)cc4)O3)cc2)c1. The number of hydrogen-bond acceptors (Lipinski definition) is 6. The van der Waals surface area contributed by atoms with Crippen LogP contribution < -0.4 is 10.6 Å². The van der Waals surface area contributed by atoms with Crippen LogP contribution in [0.15, 0.2) is 103 Å². The summed E-state index contributed by atoms with van der Waals surface area (Å²) >= 11 is 0. The highest BCUT2D eigenvalue weighted by atomic mass is 16.7. The Kier molecular flexibility index (Phi) is 11.5. The number of nitrogens with one attached hydrogen (secondary N) is 2. The van der Waals surface area contributed by atoms with E-state index in [2.05, 4.69) is 69.0 Å². The van der Waals surface area contributed by atoms with E-state index in [1.807, 2.05) is 54.6 Å². The average molecular weight is 675 g/mol. The van der Waals surface area contributed by atoms with Crippen LogP contribution in [0.5, 0.6) is 0 Å². The van der Waals surface area contributed by atoms with Crippen molar-refractivity contribution in [1.82, 2.24) is 20.4 Å². The third-order valence-corrected chi connectivity index (χ3v) is 10.4. The molecule has 8 heteroatoms. The molecule has 7 rings (SSSR count). The van der Waals surface area contributed by atoms with Gasteiger partial charge in [0.25, 0.3) is 0 Å². The molecule has 4 unspecified atom stereocenters. The van der Waals surface area contributed by atoms with Crippen LogP contribution in [0.1, 0.15) is 72.3 Å². The van der Waals surface area contributed by atoms with Crippen molar-refractivity contribution in [3.05, 3.63) is 131 Å². The Morgan fingerprint density at radius 3 is 2.18 bits per heavy atom. The summed E-state index contributed by atoms with van der Waals surface area (Å²) in [6.45, 7) is 6.62. The van der Waals surface area contributed by atoms with Crippen LogP contribution in [0.25, 0.3) is 11.1 Å². The van der Waals surface area contributed by atoms with Crippen molar-refractivity contribution < 1.29 is 19.4 Å². The Hall–Kier alpha value is -4.05. The highest BCUT2D eigenvalue weighted by molar-refractivity contribution is 5.74. The lowest BCUT2D eigenvalue weighted by Gasteiger charge is -2.39. The number of urea groups is 1. The van der Waals surface area contributed by atoms with Gasteiger partial charge in [-0.1, -0.05) is 97.1 Å². The zero-order chi connectivity index (χ0) is 34.1. The first-order valence-electron chi connectivity index (χ1n) is 18.3. The number of aliphatic hydroxyl groups excluding tert-OH is 1. The molecule has 4 atom stereocenters. The van der Waals surface area contributed by atoms with E-state index in [4.69, 9.17) is 9.47 Å². The number of nitrogens with zero attached hydrogens (tertiary/aromatic N) is 2. The minimum atomic E-state index is -0.477. The van der Waals surface area contributed by atoms with Gasteiger partial charge in [-0.2, -0.15) is 0 Å². The Labute approximate surface area is 296 Å². The molecule has 0 spiro atoms. The van der Waals surface area contributed by atoms with Gasteiger partial charge in [0.05, 0.1) is 18.8 Å². The molecule has 2 amide bonds. The molecule has 0 aromatic heterocycles. The maximum Gasteiger partial charge on any atom is 0.315 e. The van der Waals surface area contributed by atoms with Crippen LogP contribution in [0.2, 0.25) is 0 Å².